The maximum Gasteiger partial charge on any atom is 0.217 e. The second kappa shape index (κ2) is 3.96. The van der Waals surface area contributed by atoms with E-state index in [1.165, 1.54) is 6.92 Å². The summed E-state index contributed by atoms with van der Waals surface area (Å²) in [4.78, 5) is 22.9. The monoisotopic (exact) mass is 219 g/mol. The number of ketones is 1. The molecule has 4 nitrogen and oxygen atoms in total. The van der Waals surface area contributed by atoms with Gasteiger partial charge in [-0.25, -0.2) is 0 Å². The van der Waals surface area contributed by atoms with E-state index in [2.05, 4.69) is 5.32 Å². The Morgan fingerprint density at radius 2 is 2.25 bits per heavy atom. The van der Waals surface area contributed by atoms with E-state index >= 15 is 0 Å². The SMILES string of the molecule is CC(=O)NC1COc2cc(C)ccc2C1=O. The lowest BCUT2D eigenvalue weighted by atomic mass is 9.99. The number of ether oxygens (including phenoxy) is 1. The zero-order valence-electron chi connectivity index (χ0n) is 9.24. The Hall–Kier alpha value is -1.84. The van der Waals surface area contributed by atoms with Gasteiger partial charge in [0.1, 0.15) is 18.4 Å². The molecule has 2 rings (SSSR count). The summed E-state index contributed by atoms with van der Waals surface area (Å²) in [7, 11) is 0. The van der Waals surface area contributed by atoms with Gasteiger partial charge in [0.15, 0.2) is 5.78 Å². The van der Waals surface area contributed by atoms with E-state index in [9.17, 15) is 9.59 Å². The molecule has 1 unspecified atom stereocenters. The number of rotatable bonds is 1. The van der Waals surface area contributed by atoms with Crippen LogP contribution in [-0.2, 0) is 4.79 Å². The molecule has 0 aliphatic carbocycles. The molecule has 4 heteroatoms. The minimum atomic E-state index is -0.562. The Kier molecular flexibility index (Phi) is 2.64. The molecular formula is C12H13NO3. The maximum atomic E-state index is 12.0. The number of hydrogen-bond donors (Lipinski definition) is 1. The Morgan fingerprint density at radius 1 is 1.50 bits per heavy atom. The van der Waals surface area contributed by atoms with Crippen molar-refractivity contribution in [2.75, 3.05) is 6.61 Å². The van der Waals surface area contributed by atoms with Crippen molar-refractivity contribution in [3.05, 3.63) is 29.3 Å². The van der Waals surface area contributed by atoms with Crippen LogP contribution >= 0.6 is 0 Å². The molecule has 0 saturated heterocycles. The zero-order chi connectivity index (χ0) is 11.7. The maximum absolute atomic E-state index is 12.0. The average Bonchev–Trinajstić information content (AvgIpc) is 2.22. The summed E-state index contributed by atoms with van der Waals surface area (Å²) in [6.07, 6.45) is 0. The molecular weight excluding hydrogens is 206 g/mol. The van der Waals surface area contributed by atoms with Crippen LogP contribution in [-0.4, -0.2) is 24.3 Å². The van der Waals surface area contributed by atoms with Gasteiger partial charge >= 0.3 is 0 Å². The molecule has 1 N–H and O–H groups in total. The minimum Gasteiger partial charge on any atom is -0.490 e. The summed E-state index contributed by atoms with van der Waals surface area (Å²) >= 11 is 0. The highest BCUT2D eigenvalue weighted by Crippen LogP contribution is 2.25. The van der Waals surface area contributed by atoms with Gasteiger partial charge in [0.25, 0.3) is 0 Å². The number of amides is 1. The number of carbonyl (C=O) groups is 2. The van der Waals surface area contributed by atoms with E-state index in [1.54, 1.807) is 6.07 Å². The lowest BCUT2D eigenvalue weighted by Crippen LogP contribution is -2.46. The largest absolute Gasteiger partial charge is 0.490 e. The molecule has 1 aliphatic rings. The first-order valence-electron chi connectivity index (χ1n) is 5.12. The molecule has 1 aromatic rings. The summed E-state index contributed by atoms with van der Waals surface area (Å²) in [5.74, 6) is 0.292. The number of fused-ring (bicyclic) bond motifs is 1. The number of hydrogen-bond acceptors (Lipinski definition) is 3. The highest BCUT2D eigenvalue weighted by molar-refractivity contribution is 6.04. The third kappa shape index (κ3) is 1.91. The smallest absolute Gasteiger partial charge is 0.217 e. The van der Waals surface area contributed by atoms with Crippen molar-refractivity contribution >= 4 is 11.7 Å². The van der Waals surface area contributed by atoms with Crippen molar-refractivity contribution in [1.82, 2.24) is 5.32 Å². The second-order valence-electron chi connectivity index (χ2n) is 3.93. The van der Waals surface area contributed by atoms with E-state index < -0.39 is 6.04 Å². The standard InChI is InChI=1S/C12H13NO3/c1-7-3-4-9-11(5-7)16-6-10(12(9)15)13-8(2)14/h3-5,10H,6H2,1-2H3,(H,13,14). The third-order valence-corrected chi connectivity index (χ3v) is 2.50. The van der Waals surface area contributed by atoms with Gasteiger partial charge in [-0.15, -0.1) is 0 Å². The number of aryl methyl sites for hydroxylation is 1. The molecule has 1 aliphatic heterocycles. The lowest BCUT2D eigenvalue weighted by Gasteiger charge is -2.24. The first kappa shape index (κ1) is 10.7. The Bertz CT molecular complexity index is 454. The predicted octanol–water partition coefficient (Wildman–Crippen LogP) is 1.07. The van der Waals surface area contributed by atoms with Crippen LogP contribution in [0, 0.1) is 6.92 Å². The topological polar surface area (TPSA) is 55.4 Å². The second-order valence-corrected chi connectivity index (χ2v) is 3.93. The van der Waals surface area contributed by atoms with Gasteiger partial charge in [-0.05, 0) is 24.6 Å². The molecule has 1 heterocycles. The number of Topliss-reactive ketones (excluding diaryl/α,β-unsaturated/α-hetero) is 1. The van der Waals surface area contributed by atoms with E-state index in [0.29, 0.717) is 11.3 Å². The fourth-order valence-corrected chi connectivity index (χ4v) is 1.74. The Labute approximate surface area is 93.6 Å². The number of benzene rings is 1. The fraction of sp³-hybridized carbons (Fsp3) is 0.333. The van der Waals surface area contributed by atoms with E-state index in [-0.39, 0.29) is 18.3 Å². The minimum absolute atomic E-state index is 0.0866. The normalized spacial score (nSPS) is 18.6. The van der Waals surface area contributed by atoms with Gasteiger partial charge in [-0.2, -0.15) is 0 Å². The van der Waals surface area contributed by atoms with Crippen LogP contribution in [0.1, 0.15) is 22.8 Å². The number of nitrogens with one attached hydrogen (secondary N) is 1. The summed E-state index contributed by atoms with van der Waals surface area (Å²) in [6.45, 7) is 3.53. The van der Waals surface area contributed by atoms with Crippen LogP contribution in [0.5, 0.6) is 5.75 Å². The van der Waals surface area contributed by atoms with Gasteiger partial charge in [0.2, 0.25) is 5.91 Å². The molecule has 0 saturated carbocycles. The summed E-state index contributed by atoms with van der Waals surface area (Å²) < 4.78 is 5.45. The van der Waals surface area contributed by atoms with Crippen LogP contribution in [0.25, 0.3) is 0 Å². The Morgan fingerprint density at radius 3 is 2.94 bits per heavy atom. The van der Waals surface area contributed by atoms with Crippen LogP contribution in [0.2, 0.25) is 0 Å². The van der Waals surface area contributed by atoms with Crippen LogP contribution in [0.3, 0.4) is 0 Å². The molecule has 0 spiro atoms. The van der Waals surface area contributed by atoms with Crippen molar-refractivity contribution in [2.24, 2.45) is 0 Å². The van der Waals surface area contributed by atoms with Crippen molar-refractivity contribution < 1.29 is 14.3 Å². The summed E-state index contributed by atoms with van der Waals surface area (Å²) in [5, 5.41) is 2.57. The van der Waals surface area contributed by atoms with Crippen LogP contribution < -0.4 is 10.1 Å². The molecule has 0 aromatic heterocycles. The molecule has 1 amide bonds. The van der Waals surface area contributed by atoms with Crippen LogP contribution in [0.15, 0.2) is 18.2 Å². The van der Waals surface area contributed by atoms with Crippen molar-refractivity contribution in [3.8, 4) is 5.75 Å². The summed E-state index contributed by atoms with van der Waals surface area (Å²) in [6, 6.07) is 4.86. The van der Waals surface area contributed by atoms with Gasteiger partial charge in [0.05, 0.1) is 5.56 Å². The van der Waals surface area contributed by atoms with E-state index in [0.717, 1.165) is 5.56 Å². The number of carbonyl (C=O) groups excluding carboxylic acids is 2. The van der Waals surface area contributed by atoms with E-state index in [4.69, 9.17) is 4.74 Å². The molecule has 16 heavy (non-hydrogen) atoms. The quantitative estimate of drug-likeness (QED) is 0.768. The molecule has 84 valence electrons. The average molecular weight is 219 g/mol. The zero-order valence-corrected chi connectivity index (χ0v) is 9.24. The van der Waals surface area contributed by atoms with Gasteiger partial charge < -0.3 is 10.1 Å². The molecule has 0 radical (unpaired) electrons. The first-order valence-corrected chi connectivity index (χ1v) is 5.12. The summed E-state index contributed by atoms with van der Waals surface area (Å²) in [5.41, 5.74) is 1.58. The highest BCUT2D eigenvalue weighted by Gasteiger charge is 2.29. The van der Waals surface area contributed by atoms with Gasteiger partial charge in [-0.3, -0.25) is 9.59 Å². The van der Waals surface area contributed by atoms with Gasteiger partial charge in [0, 0.05) is 6.92 Å². The Balaban J connectivity index is 2.29. The molecule has 1 atom stereocenters. The van der Waals surface area contributed by atoms with Crippen molar-refractivity contribution in [2.45, 2.75) is 19.9 Å². The first-order chi connectivity index (χ1) is 7.58. The molecule has 1 aromatic carbocycles. The molecule has 0 fully saturated rings. The van der Waals surface area contributed by atoms with Gasteiger partial charge in [-0.1, -0.05) is 6.07 Å². The van der Waals surface area contributed by atoms with Crippen molar-refractivity contribution in [1.29, 1.82) is 0 Å². The van der Waals surface area contributed by atoms with Crippen LogP contribution in [0.4, 0.5) is 0 Å². The molecule has 0 bridgehead atoms. The highest BCUT2D eigenvalue weighted by atomic mass is 16.5. The predicted molar refractivity (Wildman–Crippen MR) is 58.6 cm³/mol. The van der Waals surface area contributed by atoms with Crippen molar-refractivity contribution in [3.63, 3.8) is 0 Å². The third-order valence-electron chi connectivity index (χ3n) is 2.50. The fourth-order valence-electron chi connectivity index (χ4n) is 1.74. The lowest BCUT2D eigenvalue weighted by molar-refractivity contribution is -0.119. The van der Waals surface area contributed by atoms with E-state index in [1.807, 2.05) is 19.1 Å².